The Morgan fingerprint density at radius 2 is 1.83 bits per heavy atom. The zero-order valence-electron chi connectivity index (χ0n) is 13.5. The molecule has 0 bridgehead atoms. The summed E-state index contributed by atoms with van der Waals surface area (Å²) in [5.41, 5.74) is 3.17. The molecule has 1 unspecified atom stereocenters. The molecule has 2 saturated heterocycles. The highest BCUT2D eigenvalue weighted by Gasteiger charge is 2.40. The minimum atomic E-state index is -0.570. The van der Waals surface area contributed by atoms with E-state index < -0.39 is 6.04 Å². The number of nitrogens with zero attached hydrogens (tertiary/aromatic N) is 1. The Morgan fingerprint density at radius 3 is 2.58 bits per heavy atom. The van der Waals surface area contributed by atoms with Crippen LogP contribution < -0.4 is 15.5 Å². The molecule has 6 heteroatoms. The molecule has 0 spiro atoms. The fourth-order valence-electron chi connectivity index (χ4n) is 4.17. The van der Waals surface area contributed by atoms with Gasteiger partial charge in [-0.3, -0.25) is 24.6 Å². The van der Waals surface area contributed by atoms with Crippen LogP contribution in [0.2, 0.25) is 0 Å². The number of carbonyl (C=O) groups excluding carboxylic acids is 3. The Kier molecular flexibility index (Phi) is 3.84. The van der Waals surface area contributed by atoms with Gasteiger partial charge in [0.1, 0.15) is 6.04 Å². The van der Waals surface area contributed by atoms with Crippen molar-refractivity contribution in [2.45, 2.75) is 44.1 Å². The van der Waals surface area contributed by atoms with Crippen LogP contribution in [0.1, 0.15) is 42.7 Å². The lowest BCUT2D eigenvalue weighted by Gasteiger charge is -2.30. The van der Waals surface area contributed by atoms with Crippen molar-refractivity contribution < 1.29 is 14.4 Å². The topological polar surface area (TPSA) is 78.5 Å². The van der Waals surface area contributed by atoms with E-state index in [-0.39, 0.29) is 24.1 Å². The smallest absolute Gasteiger partial charge is 0.249 e. The number of amides is 3. The molecule has 1 aromatic rings. The van der Waals surface area contributed by atoms with Crippen LogP contribution >= 0.6 is 0 Å². The molecule has 2 N–H and O–H groups in total. The van der Waals surface area contributed by atoms with Crippen LogP contribution in [0.4, 0.5) is 5.69 Å². The molecule has 2 fully saturated rings. The van der Waals surface area contributed by atoms with Crippen molar-refractivity contribution >= 4 is 23.4 Å². The summed E-state index contributed by atoms with van der Waals surface area (Å²) in [4.78, 5) is 37.8. The molecule has 1 atom stereocenters. The first-order valence-electron chi connectivity index (χ1n) is 8.63. The molecule has 6 nitrogen and oxygen atoms in total. The largest absolute Gasteiger partial charge is 0.317 e. The maximum absolute atomic E-state index is 12.6. The van der Waals surface area contributed by atoms with E-state index in [9.17, 15) is 14.4 Å². The second-order valence-corrected chi connectivity index (χ2v) is 6.78. The van der Waals surface area contributed by atoms with E-state index in [0.717, 1.165) is 37.2 Å². The number of rotatable bonds is 2. The van der Waals surface area contributed by atoms with Crippen LogP contribution in [0.25, 0.3) is 0 Å². The average molecular weight is 327 g/mol. The highest BCUT2D eigenvalue weighted by molar-refractivity contribution is 6.10. The van der Waals surface area contributed by atoms with E-state index >= 15 is 0 Å². The maximum Gasteiger partial charge on any atom is 0.249 e. The minimum absolute atomic E-state index is 0.0408. The molecule has 4 rings (SSSR count). The zero-order chi connectivity index (χ0) is 16.7. The van der Waals surface area contributed by atoms with Gasteiger partial charge < -0.3 is 5.32 Å². The molecular weight excluding hydrogens is 306 g/mol. The molecule has 1 aromatic carbocycles. The predicted octanol–water partition coefficient (Wildman–Crippen LogP) is 0.848. The van der Waals surface area contributed by atoms with E-state index in [1.165, 1.54) is 5.56 Å². The Hall–Kier alpha value is -2.21. The van der Waals surface area contributed by atoms with Crippen molar-refractivity contribution in [1.29, 1.82) is 0 Å². The fraction of sp³-hybridized carbons (Fsp3) is 0.500. The molecule has 0 aromatic heterocycles. The van der Waals surface area contributed by atoms with E-state index in [4.69, 9.17) is 0 Å². The lowest BCUT2D eigenvalue weighted by molar-refractivity contribution is -0.135. The number of benzene rings is 1. The van der Waals surface area contributed by atoms with Gasteiger partial charge in [0.25, 0.3) is 0 Å². The summed E-state index contributed by atoms with van der Waals surface area (Å²) >= 11 is 0. The van der Waals surface area contributed by atoms with Crippen molar-refractivity contribution in [2.24, 2.45) is 0 Å². The van der Waals surface area contributed by atoms with Crippen LogP contribution in [-0.2, 0) is 20.8 Å². The number of fused-ring (bicyclic) bond motifs is 1. The molecule has 0 radical (unpaired) electrons. The van der Waals surface area contributed by atoms with Gasteiger partial charge in [-0.05, 0) is 55.5 Å². The number of nitrogens with one attached hydrogen (secondary N) is 2. The van der Waals surface area contributed by atoms with Crippen molar-refractivity contribution in [2.75, 3.05) is 18.0 Å². The molecule has 3 aliphatic heterocycles. The van der Waals surface area contributed by atoms with E-state index in [1.54, 1.807) is 4.90 Å². The van der Waals surface area contributed by atoms with Gasteiger partial charge in [0.15, 0.2) is 0 Å². The van der Waals surface area contributed by atoms with E-state index in [1.807, 2.05) is 12.1 Å². The first-order chi connectivity index (χ1) is 11.6. The van der Waals surface area contributed by atoms with Gasteiger partial charge in [0.05, 0.1) is 6.42 Å². The number of imide groups is 1. The molecule has 0 saturated carbocycles. The Labute approximate surface area is 140 Å². The number of anilines is 1. The quantitative estimate of drug-likeness (QED) is 0.789. The van der Waals surface area contributed by atoms with Crippen molar-refractivity contribution in [3.05, 3.63) is 29.3 Å². The van der Waals surface area contributed by atoms with Crippen LogP contribution in [0.15, 0.2) is 18.2 Å². The lowest BCUT2D eigenvalue weighted by Crippen LogP contribution is -2.53. The zero-order valence-corrected chi connectivity index (χ0v) is 13.5. The van der Waals surface area contributed by atoms with Crippen molar-refractivity contribution in [1.82, 2.24) is 10.6 Å². The molecular formula is C18H21N3O3. The number of carbonyl (C=O) groups is 3. The van der Waals surface area contributed by atoms with Gasteiger partial charge in [-0.1, -0.05) is 12.1 Å². The predicted molar refractivity (Wildman–Crippen MR) is 88.6 cm³/mol. The molecule has 126 valence electrons. The highest BCUT2D eigenvalue weighted by atomic mass is 16.2. The van der Waals surface area contributed by atoms with Crippen molar-refractivity contribution in [3.8, 4) is 0 Å². The first-order valence-corrected chi connectivity index (χ1v) is 8.63. The van der Waals surface area contributed by atoms with Gasteiger partial charge >= 0.3 is 0 Å². The Bertz CT molecular complexity index is 709. The third kappa shape index (κ3) is 2.51. The normalized spacial score (nSPS) is 24.9. The minimum Gasteiger partial charge on any atom is -0.317 e. The maximum atomic E-state index is 12.6. The number of hydrogen-bond acceptors (Lipinski definition) is 4. The number of hydrogen-bond donors (Lipinski definition) is 2. The summed E-state index contributed by atoms with van der Waals surface area (Å²) in [5.74, 6) is -0.192. The van der Waals surface area contributed by atoms with Crippen LogP contribution in [0, 0.1) is 0 Å². The molecule has 3 aliphatic rings. The Balaban J connectivity index is 1.68. The Morgan fingerprint density at radius 1 is 1.04 bits per heavy atom. The molecule has 0 aliphatic carbocycles. The van der Waals surface area contributed by atoms with Crippen LogP contribution in [-0.4, -0.2) is 36.9 Å². The highest BCUT2D eigenvalue weighted by Crippen LogP contribution is 2.39. The fourth-order valence-corrected chi connectivity index (χ4v) is 4.17. The van der Waals surface area contributed by atoms with Gasteiger partial charge in [-0.2, -0.15) is 0 Å². The monoisotopic (exact) mass is 327 g/mol. The third-order valence-electron chi connectivity index (χ3n) is 5.34. The molecule has 24 heavy (non-hydrogen) atoms. The summed E-state index contributed by atoms with van der Waals surface area (Å²) in [6.45, 7) is 2.00. The van der Waals surface area contributed by atoms with E-state index in [0.29, 0.717) is 18.8 Å². The molecule has 3 heterocycles. The third-order valence-corrected chi connectivity index (χ3v) is 5.34. The molecule has 3 amide bonds. The van der Waals surface area contributed by atoms with Gasteiger partial charge in [0.2, 0.25) is 17.7 Å². The SMILES string of the molecule is O=C1CCC(N2C(=O)Cc3c(C4CCNCC4)cccc32)C(=O)N1. The summed E-state index contributed by atoms with van der Waals surface area (Å²) in [5, 5.41) is 5.72. The summed E-state index contributed by atoms with van der Waals surface area (Å²) in [6, 6.07) is 5.46. The lowest BCUT2D eigenvalue weighted by atomic mass is 9.86. The van der Waals surface area contributed by atoms with Gasteiger partial charge in [-0.15, -0.1) is 0 Å². The second kappa shape index (κ2) is 6.02. The van der Waals surface area contributed by atoms with Crippen LogP contribution in [0.3, 0.4) is 0 Å². The number of piperidine rings is 2. The van der Waals surface area contributed by atoms with E-state index in [2.05, 4.69) is 16.7 Å². The standard InChI is InChI=1S/C18H21N3O3/c22-16-5-4-15(18(24)20-16)21-14-3-1-2-12(13(14)10-17(21)23)11-6-8-19-9-7-11/h1-3,11,15,19H,4-10H2,(H,20,22,24). The second-order valence-electron chi connectivity index (χ2n) is 6.78. The first kappa shape index (κ1) is 15.3. The van der Waals surface area contributed by atoms with Crippen molar-refractivity contribution in [3.63, 3.8) is 0 Å². The van der Waals surface area contributed by atoms with Crippen LogP contribution in [0.5, 0.6) is 0 Å². The average Bonchev–Trinajstić information content (AvgIpc) is 2.92. The van der Waals surface area contributed by atoms with Gasteiger partial charge in [0, 0.05) is 12.1 Å². The van der Waals surface area contributed by atoms with Gasteiger partial charge in [-0.25, -0.2) is 0 Å². The summed E-state index contributed by atoms with van der Waals surface area (Å²) < 4.78 is 0. The summed E-state index contributed by atoms with van der Waals surface area (Å²) in [6.07, 6.45) is 3.18. The summed E-state index contributed by atoms with van der Waals surface area (Å²) in [7, 11) is 0.